The van der Waals surface area contributed by atoms with E-state index >= 15 is 0 Å². The summed E-state index contributed by atoms with van der Waals surface area (Å²) in [6, 6.07) is 7.52. The average Bonchev–Trinajstić information content (AvgIpc) is 2.32. The Kier molecular flexibility index (Phi) is 6.22. The molecule has 4 nitrogen and oxygen atoms in total. The second-order valence-electron chi connectivity index (χ2n) is 4.43. The lowest BCUT2D eigenvalue weighted by Gasteiger charge is -2.13. The highest BCUT2D eigenvalue weighted by molar-refractivity contribution is 5.75. The smallest absolute Gasteiger partial charge is 0.221 e. The number of carbonyl (C=O) groups excluding carboxylic acids is 1. The van der Waals surface area contributed by atoms with E-state index in [-0.39, 0.29) is 11.7 Å². The van der Waals surface area contributed by atoms with Gasteiger partial charge in [0.05, 0.1) is 0 Å². The van der Waals surface area contributed by atoms with Gasteiger partial charge in [0.2, 0.25) is 5.91 Å². The van der Waals surface area contributed by atoms with Gasteiger partial charge < -0.3 is 15.7 Å². The van der Waals surface area contributed by atoms with E-state index in [4.69, 9.17) is 0 Å². The number of hydrogen-bond acceptors (Lipinski definition) is 3. The van der Waals surface area contributed by atoms with Crippen LogP contribution in [-0.2, 0) is 11.2 Å². The molecule has 1 unspecified atom stereocenters. The Labute approximate surface area is 108 Å². The molecule has 0 radical (unpaired) electrons. The third-order valence-corrected chi connectivity index (χ3v) is 2.70. The second kappa shape index (κ2) is 7.71. The molecular formula is C14H22N2O2. The fourth-order valence-corrected chi connectivity index (χ4v) is 1.78. The van der Waals surface area contributed by atoms with Crippen LogP contribution in [-0.4, -0.2) is 30.1 Å². The van der Waals surface area contributed by atoms with Crippen LogP contribution in [0.4, 0.5) is 0 Å². The Morgan fingerprint density at radius 2 is 2.00 bits per heavy atom. The van der Waals surface area contributed by atoms with Crippen molar-refractivity contribution >= 4 is 5.91 Å². The predicted molar refractivity (Wildman–Crippen MR) is 72.6 cm³/mol. The quantitative estimate of drug-likeness (QED) is 0.686. The summed E-state index contributed by atoms with van der Waals surface area (Å²) in [5.41, 5.74) is 1.17. The molecule has 0 spiro atoms. The van der Waals surface area contributed by atoms with Crippen molar-refractivity contribution in [3.05, 3.63) is 29.8 Å². The van der Waals surface area contributed by atoms with Crippen molar-refractivity contribution in [2.75, 3.05) is 13.1 Å². The van der Waals surface area contributed by atoms with Crippen LogP contribution < -0.4 is 10.6 Å². The molecule has 0 aliphatic carbocycles. The van der Waals surface area contributed by atoms with Gasteiger partial charge in [-0.2, -0.15) is 0 Å². The topological polar surface area (TPSA) is 61.4 Å². The van der Waals surface area contributed by atoms with E-state index in [1.165, 1.54) is 5.56 Å². The van der Waals surface area contributed by atoms with Crippen LogP contribution in [0.3, 0.4) is 0 Å². The van der Waals surface area contributed by atoms with Crippen molar-refractivity contribution in [1.82, 2.24) is 10.6 Å². The monoisotopic (exact) mass is 250 g/mol. The standard InChI is InChI=1S/C14H22N2O2/c1-3-15-14(18)8-9-16-11(2)10-12-4-6-13(17)7-5-12/h4-7,11,16-17H,3,8-10H2,1-2H3,(H,15,18). The first-order valence-electron chi connectivity index (χ1n) is 6.39. The highest BCUT2D eigenvalue weighted by Gasteiger charge is 2.04. The highest BCUT2D eigenvalue weighted by atomic mass is 16.3. The lowest BCUT2D eigenvalue weighted by molar-refractivity contribution is -0.120. The summed E-state index contributed by atoms with van der Waals surface area (Å²) in [6.07, 6.45) is 1.39. The molecule has 0 saturated heterocycles. The summed E-state index contributed by atoms with van der Waals surface area (Å²) in [5.74, 6) is 0.373. The normalized spacial score (nSPS) is 12.1. The zero-order valence-electron chi connectivity index (χ0n) is 11.1. The number of phenols is 1. The molecule has 3 N–H and O–H groups in total. The molecule has 1 amide bonds. The molecule has 0 saturated carbocycles. The van der Waals surface area contributed by atoms with Crippen LogP contribution in [0.1, 0.15) is 25.8 Å². The van der Waals surface area contributed by atoms with Gasteiger partial charge in [-0.3, -0.25) is 4.79 Å². The summed E-state index contributed by atoms with van der Waals surface area (Å²) >= 11 is 0. The minimum absolute atomic E-state index is 0.0850. The molecular weight excluding hydrogens is 228 g/mol. The number of amides is 1. The van der Waals surface area contributed by atoms with Gasteiger partial charge in [-0.25, -0.2) is 0 Å². The molecule has 0 fully saturated rings. The van der Waals surface area contributed by atoms with E-state index in [1.807, 2.05) is 19.1 Å². The number of aromatic hydroxyl groups is 1. The molecule has 0 aliphatic rings. The molecule has 0 heterocycles. The first-order valence-corrected chi connectivity index (χ1v) is 6.39. The molecule has 1 atom stereocenters. The van der Waals surface area contributed by atoms with Crippen molar-refractivity contribution in [2.24, 2.45) is 0 Å². The maximum atomic E-state index is 11.2. The predicted octanol–water partition coefficient (Wildman–Crippen LogP) is 1.44. The number of hydrogen-bond donors (Lipinski definition) is 3. The number of benzene rings is 1. The summed E-state index contributed by atoms with van der Waals surface area (Å²) < 4.78 is 0. The van der Waals surface area contributed by atoms with Gasteiger partial charge in [0.25, 0.3) is 0 Å². The molecule has 1 rings (SSSR count). The van der Waals surface area contributed by atoms with Crippen LogP contribution in [0.25, 0.3) is 0 Å². The Balaban J connectivity index is 2.23. The van der Waals surface area contributed by atoms with Crippen molar-refractivity contribution in [1.29, 1.82) is 0 Å². The average molecular weight is 250 g/mol. The summed E-state index contributed by atoms with van der Waals surface area (Å²) in [4.78, 5) is 11.2. The van der Waals surface area contributed by atoms with Gasteiger partial charge in [0.1, 0.15) is 5.75 Å². The van der Waals surface area contributed by atoms with Gasteiger partial charge in [0, 0.05) is 25.6 Å². The zero-order chi connectivity index (χ0) is 13.4. The molecule has 0 aromatic heterocycles. The van der Waals surface area contributed by atoms with Crippen LogP contribution in [0.2, 0.25) is 0 Å². The third kappa shape index (κ3) is 5.68. The largest absolute Gasteiger partial charge is 0.508 e. The molecule has 1 aromatic carbocycles. The number of rotatable bonds is 7. The van der Waals surface area contributed by atoms with E-state index < -0.39 is 0 Å². The highest BCUT2D eigenvalue weighted by Crippen LogP contribution is 2.11. The number of nitrogens with one attached hydrogen (secondary N) is 2. The Morgan fingerprint density at radius 1 is 1.33 bits per heavy atom. The molecule has 100 valence electrons. The lowest BCUT2D eigenvalue weighted by atomic mass is 10.1. The van der Waals surface area contributed by atoms with Gasteiger partial charge in [0.15, 0.2) is 0 Å². The molecule has 4 heteroatoms. The van der Waals surface area contributed by atoms with Gasteiger partial charge >= 0.3 is 0 Å². The summed E-state index contributed by atoms with van der Waals surface area (Å²) in [6.45, 7) is 5.37. The van der Waals surface area contributed by atoms with Crippen LogP contribution in [0, 0.1) is 0 Å². The second-order valence-corrected chi connectivity index (χ2v) is 4.43. The van der Waals surface area contributed by atoms with Crippen molar-refractivity contribution < 1.29 is 9.90 Å². The minimum atomic E-state index is 0.0850. The first kappa shape index (κ1) is 14.5. The maximum absolute atomic E-state index is 11.2. The minimum Gasteiger partial charge on any atom is -0.508 e. The SMILES string of the molecule is CCNC(=O)CCNC(C)Cc1ccc(O)cc1. The first-order chi connectivity index (χ1) is 8.61. The fraction of sp³-hybridized carbons (Fsp3) is 0.500. The fourth-order valence-electron chi connectivity index (χ4n) is 1.78. The van der Waals surface area contributed by atoms with Crippen LogP contribution >= 0.6 is 0 Å². The molecule has 0 bridgehead atoms. The lowest BCUT2D eigenvalue weighted by Crippen LogP contribution is -2.33. The molecule has 1 aromatic rings. The molecule has 0 aliphatic heterocycles. The number of carbonyl (C=O) groups is 1. The zero-order valence-corrected chi connectivity index (χ0v) is 11.1. The van der Waals surface area contributed by atoms with Gasteiger partial charge in [-0.15, -0.1) is 0 Å². The van der Waals surface area contributed by atoms with Crippen LogP contribution in [0.15, 0.2) is 24.3 Å². The third-order valence-electron chi connectivity index (χ3n) is 2.70. The Hall–Kier alpha value is -1.55. The van der Waals surface area contributed by atoms with E-state index in [1.54, 1.807) is 12.1 Å². The van der Waals surface area contributed by atoms with Gasteiger partial charge in [-0.05, 0) is 38.0 Å². The summed E-state index contributed by atoms with van der Waals surface area (Å²) in [5, 5.41) is 15.3. The maximum Gasteiger partial charge on any atom is 0.221 e. The van der Waals surface area contributed by atoms with Gasteiger partial charge in [-0.1, -0.05) is 12.1 Å². The van der Waals surface area contributed by atoms with E-state index in [0.717, 1.165) is 6.42 Å². The summed E-state index contributed by atoms with van der Waals surface area (Å²) in [7, 11) is 0. The van der Waals surface area contributed by atoms with Crippen LogP contribution in [0.5, 0.6) is 5.75 Å². The van der Waals surface area contributed by atoms with E-state index in [0.29, 0.717) is 25.6 Å². The Bertz CT molecular complexity index is 363. The molecule has 18 heavy (non-hydrogen) atoms. The van der Waals surface area contributed by atoms with E-state index in [9.17, 15) is 9.90 Å². The Morgan fingerprint density at radius 3 is 2.61 bits per heavy atom. The van der Waals surface area contributed by atoms with Crippen molar-refractivity contribution in [3.63, 3.8) is 0 Å². The number of phenolic OH excluding ortho intramolecular Hbond substituents is 1. The van der Waals surface area contributed by atoms with E-state index in [2.05, 4.69) is 17.6 Å². The van der Waals surface area contributed by atoms with Crippen molar-refractivity contribution in [3.8, 4) is 5.75 Å². The van der Waals surface area contributed by atoms with Crippen molar-refractivity contribution in [2.45, 2.75) is 32.7 Å².